The summed E-state index contributed by atoms with van der Waals surface area (Å²) in [5.74, 6) is 1.02. The van der Waals surface area contributed by atoms with Gasteiger partial charge in [0.25, 0.3) is 0 Å². The fourth-order valence-corrected chi connectivity index (χ4v) is 3.12. The van der Waals surface area contributed by atoms with Crippen LogP contribution in [0.2, 0.25) is 5.02 Å². The number of piperidine rings is 1. The lowest BCUT2D eigenvalue weighted by atomic mass is 10.1. The Morgan fingerprint density at radius 3 is 2.70 bits per heavy atom. The number of carbonyl (C=O) groups is 1. The molecule has 27 heavy (non-hydrogen) atoms. The van der Waals surface area contributed by atoms with Crippen molar-refractivity contribution in [2.75, 3.05) is 30.4 Å². The molecule has 0 saturated carbocycles. The van der Waals surface area contributed by atoms with E-state index in [0.717, 1.165) is 31.5 Å². The van der Waals surface area contributed by atoms with Gasteiger partial charge in [0.1, 0.15) is 0 Å². The highest BCUT2D eigenvalue weighted by Gasteiger charge is 2.17. The Morgan fingerprint density at radius 1 is 1.22 bits per heavy atom. The van der Waals surface area contributed by atoms with E-state index >= 15 is 0 Å². The average Bonchev–Trinajstić information content (AvgIpc) is 2.69. The predicted molar refractivity (Wildman–Crippen MR) is 104 cm³/mol. The molecule has 1 aliphatic heterocycles. The van der Waals surface area contributed by atoms with E-state index < -0.39 is 0 Å². The van der Waals surface area contributed by atoms with Crippen LogP contribution in [0.4, 0.5) is 16.4 Å². The Morgan fingerprint density at radius 2 is 2.00 bits per heavy atom. The molecular formula is C18H23ClN6O2. The van der Waals surface area contributed by atoms with Gasteiger partial charge in [-0.2, -0.15) is 15.0 Å². The minimum Gasteiger partial charge on any atom is -0.467 e. The van der Waals surface area contributed by atoms with Crippen LogP contribution in [-0.4, -0.2) is 41.2 Å². The van der Waals surface area contributed by atoms with E-state index in [-0.39, 0.29) is 18.6 Å². The number of nitrogens with zero attached hydrogens (tertiary/aromatic N) is 4. The number of urea groups is 1. The van der Waals surface area contributed by atoms with Gasteiger partial charge in [-0.1, -0.05) is 17.7 Å². The largest absolute Gasteiger partial charge is 0.467 e. The molecule has 0 atom stereocenters. The first-order valence-corrected chi connectivity index (χ1v) is 9.28. The molecule has 2 amide bonds. The highest BCUT2D eigenvalue weighted by atomic mass is 35.5. The SMILES string of the molecule is COc1nc(CNC(=O)Nc2ccc(C)cc2Cl)nc(N2CCCCC2)n1. The van der Waals surface area contributed by atoms with Crippen molar-refractivity contribution in [1.82, 2.24) is 20.3 Å². The second-order valence-electron chi connectivity index (χ2n) is 6.38. The molecule has 0 aliphatic carbocycles. The number of hydrogen-bond donors (Lipinski definition) is 2. The van der Waals surface area contributed by atoms with Gasteiger partial charge in [-0.3, -0.25) is 0 Å². The molecule has 1 aliphatic rings. The van der Waals surface area contributed by atoms with Crippen molar-refractivity contribution in [2.24, 2.45) is 0 Å². The first kappa shape index (κ1) is 19.2. The van der Waals surface area contributed by atoms with Crippen LogP contribution in [0.1, 0.15) is 30.7 Å². The molecule has 2 heterocycles. The van der Waals surface area contributed by atoms with Crippen LogP contribution >= 0.6 is 11.6 Å². The summed E-state index contributed by atoms with van der Waals surface area (Å²) in [6, 6.07) is 5.28. The number of methoxy groups -OCH3 is 1. The first-order chi connectivity index (χ1) is 13.0. The maximum absolute atomic E-state index is 12.2. The monoisotopic (exact) mass is 390 g/mol. The minimum atomic E-state index is -0.389. The van der Waals surface area contributed by atoms with Crippen LogP contribution in [0.5, 0.6) is 6.01 Å². The van der Waals surface area contributed by atoms with Crippen molar-refractivity contribution in [2.45, 2.75) is 32.7 Å². The zero-order valence-electron chi connectivity index (χ0n) is 15.5. The van der Waals surface area contributed by atoms with Gasteiger partial charge in [0.05, 0.1) is 24.4 Å². The molecule has 9 heteroatoms. The van der Waals surface area contributed by atoms with Crippen molar-refractivity contribution in [1.29, 1.82) is 0 Å². The highest BCUT2D eigenvalue weighted by molar-refractivity contribution is 6.33. The van der Waals surface area contributed by atoms with Crippen molar-refractivity contribution < 1.29 is 9.53 Å². The van der Waals surface area contributed by atoms with Crippen LogP contribution in [0.15, 0.2) is 18.2 Å². The number of rotatable bonds is 5. The molecule has 0 bridgehead atoms. The number of hydrogen-bond acceptors (Lipinski definition) is 6. The maximum Gasteiger partial charge on any atom is 0.321 e. The molecule has 0 unspecified atom stereocenters. The molecule has 1 saturated heterocycles. The number of halogens is 1. The van der Waals surface area contributed by atoms with Crippen LogP contribution in [0, 0.1) is 6.92 Å². The Kier molecular flexibility index (Phi) is 6.28. The lowest BCUT2D eigenvalue weighted by molar-refractivity contribution is 0.251. The summed E-state index contributed by atoms with van der Waals surface area (Å²) < 4.78 is 5.18. The zero-order chi connectivity index (χ0) is 19.2. The summed E-state index contributed by atoms with van der Waals surface area (Å²) in [5, 5.41) is 5.94. The van der Waals surface area contributed by atoms with Crippen LogP contribution < -0.4 is 20.3 Å². The van der Waals surface area contributed by atoms with Crippen molar-refractivity contribution in [3.05, 3.63) is 34.6 Å². The number of anilines is 2. The van der Waals surface area contributed by atoms with E-state index in [4.69, 9.17) is 16.3 Å². The average molecular weight is 391 g/mol. The van der Waals surface area contributed by atoms with Gasteiger partial charge in [0.2, 0.25) is 5.95 Å². The Hall–Kier alpha value is -2.61. The molecule has 1 fully saturated rings. The van der Waals surface area contributed by atoms with E-state index in [9.17, 15) is 4.79 Å². The fraction of sp³-hybridized carbons (Fsp3) is 0.444. The summed E-state index contributed by atoms with van der Waals surface area (Å²) in [6.07, 6.45) is 3.44. The summed E-state index contributed by atoms with van der Waals surface area (Å²) in [6.45, 7) is 3.90. The summed E-state index contributed by atoms with van der Waals surface area (Å²) in [7, 11) is 1.51. The van der Waals surface area contributed by atoms with E-state index in [1.54, 1.807) is 12.1 Å². The van der Waals surface area contributed by atoms with Crippen LogP contribution in [0.3, 0.4) is 0 Å². The number of aryl methyl sites for hydroxylation is 1. The summed E-state index contributed by atoms with van der Waals surface area (Å²) >= 11 is 6.14. The standard InChI is InChI=1S/C18H23ClN6O2/c1-12-6-7-14(13(19)10-12)21-17(26)20-11-15-22-16(24-18(23-15)27-2)25-8-4-3-5-9-25/h6-7,10H,3-5,8-9,11H2,1-2H3,(H2,20,21,26). The van der Waals surface area contributed by atoms with E-state index in [2.05, 4.69) is 30.5 Å². The number of benzene rings is 1. The van der Waals surface area contributed by atoms with E-state index in [0.29, 0.717) is 22.5 Å². The molecule has 3 rings (SSSR count). The van der Waals surface area contributed by atoms with E-state index in [1.807, 2.05) is 13.0 Å². The number of aromatic nitrogens is 3. The van der Waals surface area contributed by atoms with Gasteiger partial charge >= 0.3 is 12.0 Å². The predicted octanol–water partition coefficient (Wildman–Crippen LogP) is 3.15. The number of amides is 2. The highest BCUT2D eigenvalue weighted by Crippen LogP contribution is 2.22. The van der Waals surface area contributed by atoms with E-state index in [1.165, 1.54) is 13.5 Å². The fourth-order valence-electron chi connectivity index (χ4n) is 2.84. The molecule has 0 radical (unpaired) electrons. The third-order valence-corrected chi connectivity index (χ3v) is 4.56. The third-order valence-electron chi connectivity index (χ3n) is 4.25. The smallest absolute Gasteiger partial charge is 0.321 e. The van der Waals surface area contributed by atoms with Crippen molar-refractivity contribution >= 4 is 29.3 Å². The van der Waals surface area contributed by atoms with Gasteiger partial charge in [-0.25, -0.2) is 4.79 Å². The first-order valence-electron chi connectivity index (χ1n) is 8.90. The lowest BCUT2D eigenvalue weighted by Crippen LogP contribution is -2.32. The van der Waals surface area contributed by atoms with Gasteiger partial charge in [-0.15, -0.1) is 0 Å². The Bertz CT molecular complexity index is 810. The topological polar surface area (TPSA) is 92.3 Å². The molecule has 8 nitrogen and oxygen atoms in total. The molecule has 0 spiro atoms. The summed E-state index contributed by atoms with van der Waals surface area (Å²) in [4.78, 5) is 27.3. The Balaban J connectivity index is 1.64. The maximum atomic E-state index is 12.2. The zero-order valence-corrected chi connectivity index (χ0v) is 16.2. The minimum absolute atomic E-state index is 0.148. The Labute approximate surface area is 163 Å². The van der Waals surface area contributed by atoms with Crippen molar-refractivity contribution in [3.63, 3.8) is 0 Å². The molecular weight excluding hydrogens is 368 g/mol. The molecule has 144 valence electrons. The summed E-state index contributed by atoms with van der Waals surface area (Å²) in [5.41, 5.74) is 1.57. The van der Waals surface area contributed by atoms with Crippen molar-refractivity contribution in [3.8, 4) is 6.01 Å². The van der Waals surface area contributed by atoms with Gasteiger partial charge in [-0.05, 0) is 43.9 Å². The number of carbonyl (C=O) groups excluding carboxylic acids is 1. The van der Waals surface area contributed by atoms with Gasteiger partial charge < -0.3 is 20.3 Å². The molecule has 2 aromatic rings. The molecule has 2 N–H and O–H groups in total. The second kappa shape index (κ2) is 8.85. The van der Waals surface area contributed by atoms with Gasteiger partial charge in [0, 0.05) is 13.1 Å². The molecule has 1 aromatic carbocycles. The van der Waals surface area contributed by atoms with Gasteiger partial charge in [0.15, 0.2) is 5.82 Å². The number of nitrogens with one attached hydrogen (secondary N) is 2. The second-order valence-corrected chi connectivity index (χ2v) is 6.78. The van der Waals surface area contributed by atoms with Crippen LogP contribution in [0.25, 0.3) is 0 Å². The normalized spacial score (nSPS) is 14.0. The van der Waals surface area contributed by atoms with Crippen LogP contribution in [-0.2, 0) is 6.54 Å². The lowest BCUT2D eigenvalue weighted by Gasteiger charge is -2.26. The molecule has 1 aromatic heterocycles. The third kappa shape index (κ3) is 5.19. The number of ether oxygens (including phenoxy) is 1. The quantitative estimate of drug-likeness (QED) is 0.814.